The predicted octanol–water partition coefficient (Wildman–Crippen LogP) is 4.68. The predicted molar refractivity (Wildman–Crippen MR) is 194 cm³/mol. The Morgan fingerprint density at radius 2 is 1.43 bits per heavy atom. The monoisotopic (exact) mass is 638 g/mol. The standard InChI is InChI=1S/C38H30N4O2S2/c1-2-40-37(44)34(46-38(40)35(45)36(39)43)22-23-15-20-33-29(21-23)28-11-5-8-14-32(28)42(33)25-18-16-24(17-19-25)41-30-12-6-3-9-26(30)27-10-4-7-13-31(27)41/h3-4,6-7,9-22,45H,2,5,8H2,1H3,(H2,39,43)/b34-22-,38-35-. The van der Waals surface area contributed by atoms with Gasteiger partial charge in [0.15, 0.2) is 0 Å². The van der Waals surface area contributed by atoms with Crippen LogP contribution in [-0.4, -0.2) is 19.6 Å². The molecule has 3 aromatic heterocycles. The molecule has 4 aromatic carbocycles. The molecule has 3 heterocycles. The zero-order valence-electron chi connectivity index (χ0n) is 25.1. The Morgan fingerprint density at radius 3 is 2.09 bits per heavy atom. The first-order valence-electron chi connectivity index (χ1n) is 15.3. The van der Waals surface area contributed by atoms with Gasteiger partial charge >= 0.3 is 0 Å². The first kappa shape index (κ1) is 28.4. The Hall–Kier alpha value is -5.05. The molecule has 8 heteroatoms. The number of nitrogens with two attached hydrogens (primary N) is 1. The van der Waals surface area contributed by atoms with Gasteiger partial charge in [0.2, 0.25) is 0 Å². The molecular weight excluding hydrogens is 609 g/mol. The van der Waals surface area contributed by atoms with Crippen LogP contribution in [0.2, 0.25) is 0 Å². The summed E-state index contributed by atoms with van der Waals surface area (Å²) in [5.41, 5.74) is 11.9. The molecule has 0 saturated carbocycles. The molecule has 0 aliphatic heterocycles. The van der Waals surface area contributed by atoms with Crippen molar-refractivity contribution in [1.29, 1.82) is 0 Å². The fraction of sp³-hybridized carbons (Fsp3) is 0.105. The van der Waals surface area contributed by atoms with Crippen molar-refractivity contribution < 1.29 is 4.79 Å². The third-order valence-electron chi connectivity index (χ3n) is 8.83. The highest BCUT2D eigenvalue weighted by Gasteiger charge is 2.15. The second-order valence-corrected chi connectivity index (χ2v) is 12.9. The number of rotatable bonds is 5. The van der Waals surface area contributed by atoms with Gasteiger partial charge in [-0.3, -0.25) is 14.2 Å². The molecule has 0 fully saturated rings. The van der Waals surface area contributed by atoms with Gasteiger partial charge in [0.1, 0.15) is 9.57 Å². The summed E-state index contributed by atoms with van der Waals surface area (Å²) in [6.45, 7) is 2.29. The summed E-state index contributed by atoms with van der Waals surface area (Å²) in [6, 6.07) is 32.3. The maximum Gasteiger partial charge on any atom is 0.269 e. The number of hydrogen-bond donors (Lipinski definition) is 2. The van der Waals surface area contributed by atoms with Crippen LogP contribution >= 0.6 is 24.0 Å². The van der Waals surface area contributed by atoms with E-state index in [-0.39, 0.29) is 10.5 Å². The molecule has 0 radical (unpaired) electrons. The molecule has 2 N–H and O–H groups in total. The number of para-hydroxylation sites is 2. The Kier molecular flexibility index (Phi) is 6.85. The maximum atomic E-state index is 13.2. The Labute approximate surface area is 273 Å². The lowest BCUT2D eigenvalue weighted by atomic mass is 10.1. The van der Waals surface area contributed by atoms with Crippen LogP contribution < -0.4 is 31.1 Å². The van der Waals surface area contributed by atoms with Gasteiger partial charge in [0, 0.05) is 44.6 Å². The van der Waals surface area contributed by atoms with Crippen molar-refractivity contribution in [3.63, 3.8) is 0 Å². The minimum atomic E-state index is -0.650. The first-order valence-corrected chi connectivity index (χ1v) is 16.6. The lowest BCUT2D eigenvalue weighted by Gasteiger charge is -2.11. The molecule has 46 heavy (non-hydrogen) atoms. The molecule has 1 aliphatic carbocycles. The van der Waals surface area contributed by atoms with Crippen molar-refractivity contribution in [2.24, 2.45) is 5.73 Å². The van der Waals surface area contributed by atoms with Gasteiger partial charge in [-0.1, -0.05) is 54.6 Å². The van der Waals surface area contributed by atoms with Gasteiger partial charge in [-0.2, -0.15) is 0 Å². The molecule has 8 rings (SSSR count). The second kappa shape index (κ2) is 11.1. The zero-order chi connectivity index (χ0) is 31.5. The number of hydrogen-bond acceptors (Lipinski definition) is 4. The van der Waals surface area contributed by atoms with Crippen molar-refractivity contribution in [3.8, 4) is 11.4 Å². The van der Waals surface area contributed by atoms with E-state index >= 15 is 0 Å². The Bertz CT molecular complexity index is 2640. The van der Waals surface area contributed by atoms with Gasteiger partial charge < -0.3 is 14.9 Å². The van der Waals surface area contributed by atoms with Crippen LogP contribution in [0.3, 0.4) is 0 Å². The molecule has 0 bridgehead atoms. The minimum Gasteiger partial charge on any atom is -0.365 e. The van der Waals surface area contributed by atoms with Crippen molar-refractivity contribution >= 4 is 85.7 Å². The van der Waals surface area contributed by atoms with Crippen molar-refractivity contribution in [2.45, 2.75) is 26.3 Å². The van der Waals surface area contributed by atoms with E-state index in [1.807, 2.05) is 19.1 Å². The largest absolute Gasteiger partial charge is 0.365 e. The number of primary amides is 1. The highest BCUT2D eigenvalue weighted by Crippen LogP contribution is 2.32. The van der Waals surface area contributed by atoms with Gasteiger partial charge in [-0.15, -0.1) is 24.0 Å². The molecule has 226 valence electrons. The summed E-state index contributed by atoms with van der Waals surface area (Å²) in [5, 5.41) is 6.02. The number of aromatic nitrogens is 3. The van der Waals surface area contributed by atoms with E-state index in [2.05, 4.69) is 119 Å². The quantitative estimate of drug-likeness (QED) is 0.269. The van der Waals surface area contributed by atoms with E-state index in [1.54, 1.807) is 4.57 Å². The van der Waals surface area contributed by atoms with E-state index in [9.17, 15) is 9.59 Å². The molecule has 0 spiro atoms. The van der Waals surface area contributed by atoms with E-state index in [0.717, 1.165) is 40.7 Å². The lowest BCUT2D eigenvalue weighted by Crippen LogP contribution is -2.32. The van der Waals surface area contributed by atoms with Gasteiger partial charge in [-0.05, 0) is 79.9 Å². The first-order chi connectivity index (χ1) is 22.4. The molecular formula is C38H30N4O2S2. The molecule has 0 saturated heterocycles. The van der Waals surface area contributed by atoms with Crippen molar-refractivity contribution in [3.05, 3.63) is 127 Å². The highest BCUT2D eigenvalue weighted by atomic mass is 32.1. The zero-order valence-corrected chi connectivity index (χ0v) is 26.8. The molecule has 1 amide bonds. The van der Waals surface area contributed by atoms with Crippen LogP contribution in [-0.2, 0) is 11.3 Å². The average molecular weight is 639 g/mol. The summed E-state index contributed by atoms with van der Waals surface area (Å²) >= 11 is 5.53. The summed E-state index contributed by atoms with van der Waals surface area (Å²) in [4.78, 5) is 25.1. The molecule has 7 aromatic rings. The summed E-state index contributed by atoms with van der Waals surface area (Å²) < 4.78 is 7.23. The third-order valence-corrected chi connectivity index (χ3v) is 10.5. The van der Waals surface area contributed by atoms with Crippen molar-refractivity contribution in [2.75, 3.05) is 0 Å². The van der Waals surface area contributed by atoms with Crippen LogP contribution in [0.4, 0.5) is 0 Å². The second-order valence-electron chi connectivity index (χ2n) is 11.5. The lowest BCUT2D eigenvalue weighted by molar-refractivity contribution is -0.112. The number of nitrogens with zero attached hydrogens (tertiary/aromatic N) is 3. The maximum absolute atomic E-state index is 13.2. The van der Waals surface area contributed by atoms with Crippen LogP contribution in [0.15, 0.2) is 95.8 Å². The number of fused-ring (bicyclic) bond motifs is 6. The smallest absolute Gasteiger partial charge is 0.269 e. The van der Waals surface area contributed by atoms with Gasteiger partial charge in [0.25, 0.3) is 11.5 Å². The number of amides is 1. The Balaban J connectivity index is 1.28. The van der Waals surface area contributed by atoms with Gasteiger partial charge in [-0.25, -0.2) is 0 Å². The molecule has 6 nitrogen and oxygen atoms in total. The fourth-order valence-electron chi connectivity index (χ4n) is 6.77. The van der Waals surface area contributed by atoms with E-state index in [4.69, 9.17) is 5.73 Å². The number of thiol groups is 1. The van der Waals surface area contributed by atoms with E-state index < -0.39 is 5.91 Å². The topological polar surface area (TPSA) is 74.9 Å². The van der Waals surface area contributed by atoms with Gasteiger partial charge in [0.05, 0.1) is 21.1 Å². The average Bonchev–Trinajstić information content (AvgIpc) is 3.71. The fourth-order valence-corrected chi connectivity index (χ4v) is 8.15. The summed E-state index contributed by atoms with van der Waals surface area (Å²) in [7, 11) is 0. The van der Waals surface area contributed by atoms with Crippen LogP contribution in [0.5, 0.6) is 0 Å². The van der Waals surface area contributed by atoms with Crippen molar-refractivity contribution in [1.82, 2.24) is 13.7 Å². The number of thiazole rings is 1. The van der Waals surface area contributed by atoms with E-state index in [0.29, 0.717) is 15.7 Å². The summed E-state index contributed by atoms with van der Waals surface area (Å²) in [5.74, 6) is -0.650. The van der Waals surface area contributed by atoms with Crippen LogP contribution in [0, 0.1) is 0 Å². The van der Waals surface area contributed by atoms with Crippen LogP contribution in [0.1, 0.15) is 25.3 Å². The normalized spacial score (nSPS) is 14.0. The summed E-state index contributed by atoms with van der Waals surface area (Å²) in [6.07, 6.45) is 8.49. The number of carbonyl (C=O) groups excluding carboxylic acids is 1. The molecule has 0 atom stereocenters. The minimum absolute atomic E-state index is 0.0968. The number of benzene rings is 4. The number of carbonyl (C=O) groups is 1. The molecule has 0 unspecified atom stereocenters. The molecule has 1 aliphatic rings. The SMILES string of the molecule is CCn1c(=O)/c(=C/c2ccc3c(c2)c2c(n3-c3ccc(-n4c5ccccc5c5ccccc54)cc3)=CCCC=2)s/c1=C(\S)C(N)=O. The third kappa shape index (κ3) is 4.40. The highest BCUT2D eigenvalue weighted by molar-refractivity contribution is 7.91. The van der Waals surface area contributed by atoms with Crippen LogP contribution in [0.25, 0.3) is 67.2 Å². The van der Waals surface area contributed by atoms with E-state index in [1.165, 1.54) is 43.7 Å². The Morgan fingerprint density at radius 1 is 0.826 bits per heavy atom.